The van der Waals surface area contributed by atoms with Crippen molar-refractivity contribution in [3.63, 3.8) is 0 Å². The van der Waals surface area contributed by atoms with E-state index in [0.717, 1.165) is 111 Å². The van der Waals surface area contributed by atoms with Crippen molar-refractivity contribution in [3.05, 3.63) is 327 Å². The number of aromatic nitrogens is 5. The minimum absolute atomic E-state index is 0. The van der Waals surface area contributed by atoms with Gasteiger partial charge in [0.15, 0.2) is 0 Å². The topological polar surface area (TPSA) is 40.8 Å². The summed E-state index contributed by atoms with van der Waals surface area (Å²) >= 11 is 0. The molecule has 13 aromatic carbocycles. The van der Waals surface area contributed by atoms with Gasteiger partial charge in [0.25, 0.3) is 6.33 Å². The monoisotopic (exact) mass is 1410 g/mol. The Balaban J connectivity index is 0.00000813. The molecule has 0 saturated carbocycles. The van der Waals surface area contributed by atoms with E-state index in [1.54, 1.807) is 27.3 Å². The maximum atomic E-state index is 9.51. The van der Waals surface area contributed by atoms with Crippen molar-refractivity contribution in [2.24, 2.45) is 0 Å². The number of para-hydroxylation sites is 4. The maximum Gasteiger partial charge on any atom is 0.268 e. The molecule has 0 unspecified atom stereocenters. The van der Waals surface area contributed by atoms with Crippen LogP contribution in [-0.2, 0) is 26.5 Å². The summed E-state index contributed by atoms with van der Waals surface area (Å²) in [4.78, 5) is 5.01. The molecule has 95 heavy (non-hydrogen) atoms. The Kier molecular flexibility index (Phi) is 11.5. The Morgan fingerprint density at radius 3 is 1.51 bits per heavy atom. The second-order valence-corrected chi connectivity index (χ2v) is 24.7. The first-order chi connectivity index (χ1) is 50.4. The summed E-state index contributed by atoms with van der Waals surface area (Å²) in [6.45, 7) is 6.56. The van der Waals surface area contributed by atoms with Crippen molar-refractivity contribution in [1.82, 2.24) is 18.7 Å². The minimum Gasteiger partial charge on any atom is -0.508 e. The van der Waals surface area contributed by atoms with E-state index in [1.807, 2.05) is 79.0 Å². The smallest absolute Gasteiger partial charge is 0.268 e. The quantitative estimate of drug-likeness (QED) is 0.107. The van der Waals surface area contributed by atoms with Crippen molar-refractivity contribution < 1.29 is 44.1 Å². The summed E-state index contributed by atoms with van der Waals surface area (Å²) in [5, 5.41) is 4.04. The van der Waals surface area contributed by atoms with Gasteiger partial charge in [-0.1, -0.05) is 262 Å². The Morgan fingerprint density at radius 2 is 0.916 bits per heavy atom. The Morgan fingerprint density at radius 1 is 0.421 bits per heavy atom. The molecule has 6 nitrogen and oxygen atoms in total. The molecule has 4 heterocycles. The predicted molar refractivity (Wildman–Crippen MR) is 385 cm³/mol. The van der Waals surface area contributed by atoms with Crippen LogP contribution < -0.4 is 9.30 Å². The molecule has 0 bridgehead atoms. The van der Waals surface area contributed by atoms with Gasteiger partial charge < -0.3 is 18.4 Å². The van der Waals surface area contributed by atoms with Crippen LogP contribution in [0.1, 0.15) is 40.0 Å². The maximum absolute atomic E-state index is 9.51. The van der Waals surface area contributed by atoms with Crippen molar-refractivity contribution in [3.8, 4) is 112 Å². The third-order valence-corrected chi connectivity index (χ3v) is 18.3. The van der Waals surface area contributed by atoms with E-state index in [0.29, 0.717) is 33.9 Å². The normalized spacial score (nSPS) is 13.3. The van der Waals surface area contributed by atoms with Gasteiger partial charge in [-0.25, -0.2) is 4.98 Å². The molecule has 1 aliphatic carbocycles. The minimum atomic E-state index is -0.596. The standard InChI is InChI=1S/C88H59N5O.Pt/c1-88(2,3)61-48-49-89-86(52-61)93-80-43-21-18-38-75(80)77-54-84(92-78-41-19-16-36-73(78)74-37-17-20-42-79(74)92)85(55-82(77)93)94-63-29-22-28-62(53-63)90-56-91(87-64(57-24-6-4-7-25-57)39-23-40-65(87)58-26-8-5-9-27-58)83-51-60(45-47-81(83)90)59-44-46-72-70-34-13-12-32-68(70)66-30-10-11-31-67(66)69-33-14-15-35-71(69)76(72)50-59;/h4-52,54H,1-3H3;/q-2;/i4D,5D,6D,7D,8D,9D,24D,25D,26D,27D;. The Hall–Kier alpha value is -11.4. The van der Waals surface area contributed by atoms with Gasteiger partial charge in [0.1, 0.15) is 5.82 Å². The van der Waals surface area contributed by atoms with Gasteiger partial charge in [0.2, 0.25) is 0 Å². The van der Waals surface area contributed by atoms with Crippen LogP contribution in [0.25, 0.3) is 155 Å². The van der Waals surface area contributed by atoms with Gasteiger partial charge in [-0.2, -0.15) is 12.1 Å². The zero-order chi connectivity index (χ0) is 71.3. The molecule has 7 heteroatoms. The molecule has 4 aromatic heterocycles. The third kappa shape index (κ3) is 9.58. The van der Waals surface area contributed by atoms with Gasteiger partial charge >= 0.3 is 0 Å². The second-order valence-electron chi connectivity index (χ2n) is 24.7. The van der Waals surface area contributed by atoms with E-state index < -0.39 is 60.4 Å². The van der Waals surface area contributed by atoms with E-state index in [2.05, 4.69) is 194 Å². The molecule has 0 amide bonds. The Bertz CT molecular complexity index is 6340. The van der Waals surface area contributed by atoms with E-state index in [1.165, 1.54) is 0 Å². The number of fused-ring (bicyclic) bond motifs is 15. The number of imidazole rings is 1. The van der Waals surface area contributed by atoms with Crippen molar-refractivity contribution in [2.45, 2.75) is 26.2 Å². The van der Waals surface area contributed by atoms with Gasteiger partial charge in [-0.15, -0.1) is 24.3 Å². The van der Waals surface area contributed by atoms with Gasteiger partial charge in [0, 0.05) is 66.1 Å². The summed E-state index contributed by atoms with van der Waals surface area (Å²) in [5.41, 5.74) is 16.9. The summed E-state index contributed by atoms with van der Waals surface area (Å²) in [5.74, 6) is 1.41. The van der Waals surface area contributed by atoms with Crippen LogP contribution in [-0.4, -0.2) is 18.7 Å². The molecule has 0 radical (unpaired) electrons. The van der Waals surface area contributed by atoms with Crippen LogP contribution in [0.2, 0.25) is 0 Å². The number of benzene rings is 13. The zero-order valence-corrected chi connectivity index (χ0v) is 53.8. The molecule has 17 aromatic rings. The largest absolute Gasteiger partial charge is 0.508 e. The van der Waals surface area contributed by atoms with Crippen molar-refractivity contribution in [1.29, 1.82) is 0 Å². The number of nitrogens with zero attached hydrogens (tertiary/aromatic N) is 5. The fourth-order valence-corrected chi connectivity index (χ4v) is 13.9. The number of hydrogen-bond acceptors (Lipinski definition) is 2. The summed E-state index contributed by atoms with van der Waals surface area (Å²) in [6.07, 6.45) is 5.49. The Labute approximate surface area is 579 Å². The van der Waals surface area contributed by atoms with E-state index in [-0.39, 0.29) is 54.4 Å². The molecule has 18 rings (SSSR count). The molecule has 0 spiro atoms. The number of rotatable bonds is 9. The molecule has 0 N–H and O–H groups in total. The fourth-order valence-electron chi connectivity index (χ4n) is 13.9. The fraction of sp³-hybridized carbons (Fsp3) is 0.0455. The van der Waals surface area contributed by atoms with Crippen LogP contribution in [0.3, 0.4) is 0 Å². The van der Waals surface area contributed by atoms with Crippen LogP contribution in [0.15, 0.2) is 303 Å². The second kappa shape index (κ2) is 23.0. The molecule has 0 aliphatic heterocycles. The molecular formula is C88H59N5OPt-2. The average molecular weight is 1410 g/mol. The SMILES string of the molecule is [2H]c1c([2H])c([2H])c(-c2cccc(-c3c([2H])c([2H])c([2H])c([2H])c3[2H])c2-[n+]2[c-]n(-c3[c-]c(Oc4[c-]c5c(cc4-n4c6ccccc6c6ccccc64)c4ccccc4n5-c4cc(C(C)(C)C)ccn4)ccc3)c3ccc(-c4ccc5c(c4)-c4ccccc4-c4ccccc4-c4ccccc4-5)cc32)c([2H])c1[2H].[Pt]. The predicted octanol–water partition coefficient (Wildman–Crippen LogP) is 22.0. The summed E-state index contributed by atoms with van der Waals surface area (Å²) in [6, 6.07) is 81.5. The van der Waals surface area contributed by atoms with Gasteiger partial charge in [-0.3, -0.25) is 4.57 Å². The van der Waals surface area contributed by atoms with Crippen LogP contribution >= 0.6 is 0 Å². The number of hydrogen-bond donors (Lipinski definition) is 0. The van der Waals surface area contributed by atoms with E-state index in [4.69, 9.17) is 17.9 Å². The van der Waals surface area contributed by atoms with E-state index >= 15 is 0 Å². The molecule has 0 saturated heterocycles. The van der Waals surface area contributed by atoms with Crippen LogP contribution in [0.4, 0.5) is 0 Å². The molecular weight excluding hydrogens is 1340 g/mol. The number of pyridine rings is 1. The first-order valence-corrected chi connectivity index (χ1v) is 31.3. The summed E-state index contributed by atoms with van der Waals surface area (Å²) < 4.78 is 107. The van der Waals surface area contributed by atoms with E-state index in [9.17, 15) is 5.48 Å². The van der Waals surface area contributed by atoms with Crippen LogP contribution in [0.5, 0.6) is 11.5 Å². The average Bonchev–Trinajstić information content (AvgIpc) is 1.04. The van der Waals surface area contributed by atoms with Crippen molar-refractivity contribution in [2.75, 3.05) is 0 Å². The van der Waals surface area contributed by atoms with Gasteiger partial charge in [0.05, 0.1) is 30.4 Å². The zero-order valence-electron chi connectivity index (χ0n) is 61.6. The first kappa shape index (κ1) is 47.5. The molecule has 1 aliphatic rings. The number of ether oxygens (including phenoxy) is 1. The van der Waals surface area contributed by atoms with Crippen LogP contribution in [0, 0.1) is 18.5 Å². The molecule has 0 fully saturated rings. The molecule has 0 atom stereocenters. The van der Waals surface area contributed by atoms with Crippen molar-refractivity contribution >= 4 is 54.6 Å². The first-order valence-electron chi connectivity index (χ1n) is 36.3. The summed E-state index contributed by atoms with van der Waals surface area (Å²) in [7, 11) is 0. The third-order valence-electron chi connectivity index (χ3n) is 18.3. The van der Waals surface area contributed by atoms with Gasteiger partial charge in [-0.05, 0) is 148 Å². The molecule has 454 valence electrons.